The van der Waals surface area contributed by atoms with Crippen LogP contribution in [-0.2, 0) is 4.79 Å². The molecule has 0 saturated carbocycles. The number of fused-ring (bicyclic) bond motifs is 1. The van der Waals surface area contributed by atoms with Crippen LogP contribution in [0.1, 0.15) is 6.42 Å². The zero-order valence-electron chi connectivity index (χ0n) is 12.2. The number of hydrazone groups is 1. The number of amidine groups is 1. The number of carbonyl (C=O) groups excluding carboxylic acids is 1. The van der Waals surface area contributed by atoms with Gasteiger partial charge in [-0.3, -0.25) is 4.79 Å². The van der Waals surface area contributed by atoms with E-state index in [0.29, 0.717) is 31.8 Å². The Kier molecular flexibility index (Phi) is 4.09. The Morgan fingerprint density at radius 2 is 2.05 bits per heavy atom. The number of benzene rings is 1. The fourth-order valence-corrected chi connectivity index (χ4v) is 2.24. The zero-order chi connectivity index (χ0) is 15.4. The molecule has 1 aromatic rings. The van der Waals surface area contributed by atoms with Crippen molar-refractivity contribution in [1.29, 1.82) is 0 Å². The highest BCUT2D eigenvalue weighted by Gasteiger charge is 2.24. The molecule has 22 heavy (non-hydrogen) atoms. The van der Waals surface area contributed by atoms with Gasteiger partial charge in [-0.15, -0.1) is 0 Å². The molecule has 3 rings (SSSR count). The Morgan fingerprint density at radius 1 is 1.23 bits per heavy atom. The van der Waals surface area contributed by atoms with Gasteiger partial charge in [0.15, 0.2) is 5.84 Å². The van der Waals surface area contributed by atoms with Gasteiger partial charge in [-0.2, -0.15) is 5.10 Å². The summed E-state index contributed by atoms with van der Waals surface area (Å²) < 4.78 is 5.62. The molecule has 0 aliphatic carbocycles. The fraction of sp³-hybridized carbons (Fsp3) is 0.250. The molecular formula is C16H18N4O2. The van der Waals surface area contributed by atoms with Gasteiger partial charge in [-0.25, -0.2) is 5.01 Å². The van der Waals surface area contributed by atoms with E-state index in [1.807, 2.05) is 41.5 Å². The van der Waals surface area contributed by atoms with Crippen LogP contribution in [0.4, 0.5) is 5.69 Å². The number of rotatable bonds is 5. The molecular weight excluding hydrogens is 280 g/mol. The molecule has 0 atom stereocenters. The average Bonchev–Trinajstić information content (AvgIpc) is 2.53. The van der Waals surface area contributed by atoms with Crippen molar-refractivity contribution in [3.05, 3.63) is 48.7 Å². The molecule has 2 aliphatic rings. The molecule has 114 valence electrons. The van der Waals surface area contributed by atoms with Gasteiger partial charge in [0.1, 0.15) is 12.3 Å². The maximum atomic E-state index is 12.0. The number of hydrogen-bond donors (Lipinski definition) is 1. The second kappa shape index (κ2) is 6.34. The Balaban J connectivity index is 1.49. The smallest absolute Gasteiger partial charge is 0.262 e. The van der Waals surface area contributed by atoms with Crippen LogP contribution in [0.25, 0.3) is 0 Å². The van der Waals surface area contributed by atoms with E-state index < -0.39 is 0 Å². The summed E-state index contributed by atoms with van der Waals surface area (Å²) >= 11 is 0. The first-order valence-electron chi connectivity index (χ1n) is 7.21. The first-order chi connectivity index (χ1) is 10.7. The summed E-state index contributed by atoms with van der Waals surface area (Å²) in [6.45, 7) is 1.40. The number of allylic oxidation sites excluding steroid dienone is 2. The normalized spacial score (nSPS) is 16.5. The lowest BCUT2D eigenvalue weighted by molar-refractivity contribution is -0.132. The number of anilines is 1. The molecule has 6 heteroatoms. The molecule has 2 aliphatic heterocycles. The summed E-state index contributed by atoms with van der Waals surface area (Å²) in [4.78, 5) is 13.9. The van der Waals surface area contributed by atoms with Crippen molar-refractivity contribution in [2.45, 2.75) is 6.42 Å². The molecule has 1 aromatic carbocycles. The number of nitrogen functional groups attached to an aromatic ring is 1. The Bertz CT molecular complexity index is 634. The number of nitrogens with zero attached hydrogens (tertiary/aromatic N) is 3. The summed E-state index contributed by atoms with van der Waals surface area (Å²) in [5, 5.41) is 5.87. The minimum atomic E-state index is -0.00353. The third-order valence-corrected chi connectivity index (χ3v) is 3.40. The fourth-order valence-electron chi connectivity index (χ4n) is 2.24. The van der Waals surface area contributed by atoms with Crippen molar-refractivity contribution in [3.8, 4) is 5.75 Å². The van der Waals surface area contributed by atoms with E-state index in [0.717, 1.165) is 11.6 Å². The van der Waals surface area contributed by atoms with Crippen LogP contribution >= 0.6 is 0 Å². The van der Waals surface area contributed by atoms with E-state index in [2.05, 4.69) is 5.10 Å². The van der Waals surface area contributed by atoms with E-state index in [-0.39, 0.29) is 5.91 Å². The van der Waals surface area contributed by atoms with Crippen LogP contribution in [0.2, 0.25) is 0 Å². The summed E-state index contributed by atoms with van der Waals surface area (Å²) in [5.41, 5.74) is 6.33. The van der Waals surface area contributed by atoms with Gasteiger partial charge in [0.2, 0.25) is 0 Å². The first-order valence-corrected chi connectivity index (χ1v) is 7.21. The SMILES string of the molecule is Nc1ccc(OCCCN2N=C3C=CC=CN3CC2=O)cc1. The van der Waals surface area contributed by atoms with Crippen LogP contribution in [-0.4, -0.2) is 41.3 Å². The van der Waals surface area contributed by atoms with Crippen molar-refractivity contribution >= 4 is 17.4 Å². The van der Waals surface area contributed by atoms with E-state index in [9.17, 15) is 4.79 Å². The van der Waals surface area contributed by atoms with E-state index in [1.165, 1.54) is 5.01 Å². The monoisotopic (exact) mass is 298 g/mol. The minimum Gasteiger partial charge on any atom is -0.494 e. The van der Waals surface area contributed by atoms with Crippen LogP contribution in [0.3, 0.4) is 0 Å². The van der Waals surface area contributed by atoms with Crippen LogP contribution in [0, 0.1) is 0 Å². The molecule has 0 unspecified atom stereocenters. The van der Waals surface area contributed by atoms with Gasteiger partial charge < -0.3 is 15.4 Å². The summed E-state index contributed by atoms with van der Waals surface area (Å²) in [6, 6.07) is 7.26. The average molecular weight is 298 g/mol. The second-order valence-electron chi connectivity index (χ2n) is 5.07. The minimum absolute atomic E-state index is 0.00353. The van der Waals surface area contributed by atoms with E-state index >= 15 is 0 Å². The molecule has 0 saturated heterocycles. The Labute approximate surface area is 129 Å². The molecule has 6 nitrogen and oxygen atoms in total. The summed E-state index contributed by atoms with van der Waals surface area (Å²) in [6.07, 6.45) is 8.27. The maximum Gasteiger partial charge on any atom is 0.262 e. The number of carbonyl (C=O) groups is 1. The molecule has 0 radical (unpaired) electrons. The van der Waals surface area contributed by atoms with Crippen molar-refractivity contribution < 1.29 is 9.53 Å². The maximum absolute atomic E-state index is 12.0. The van der Waals surface area contributed by atoms with Crippen LogP contribution in [0.5, 0.6) is 5.75 Å². The van der Waals surface area contributed by atoms with E-state index in [4.69, 9.17) is 10.5 Å². The largest absolute Gasteiger partial charge is 0.494 e. The highest BCUT2D eigenvalue weighted by Crippen LogP contribution is 2.14. The Morgan fingerprint density at radius 3 is 2.86 bits per heavy atom. The lowest BCUT2D eigenvalue weighted by Crippen LogP contribution is -2.45. The van der Waals surface area contributed by atoms with Gasteiger partial charge in [0, 0.05) is 24.9 Å². The third-order valence-electron chi connectivity index (χ3n) is 3.40. The second-order valence-corrected chi connectivity index (χ2v) is 5.07. The van der Waals surface area contributed by atoms with Crippen molar-refractivity contribution in [2.75, 3.05) is 25.4 Å². The molecule has 1 amide bonds. The lowest BCUT2D eigenvalue weighted by atomic mass is 10.3. The first kappa shape index (κ1) is 14.2. The summed E-state index contributed by atoms with van der Waals surface area (Å²) in [5.74, 6) is 1.56. The number of nitrogens with two attached hydrogens (primary N) is 1. The van der Waals surface area contributed by atoms with Crippen molar-refractivity contribution in [1.82, 2.24) is 9.91 Å². The number of hydrogen-bond acceptors (Lipinski definition) is 5. The van der Waals surface area contributed by atoms with Gasteiger partial charge >= 0.3 is 0 Å². The van der Waals surface area contributed by atoms with Gasteiger partial charge in [-0.05, 0) is 36.4 Å². The molecule has 2 heterocycles. The van der Waals surface area contributed by atoms with Crippen molar-refractivity contribution in [3.63, 3.8) is 0 Å². The molecule has 2 N–H and O–H groups in total. The van der Waals surface area contributed by atoms with Gasteiger partial charge in [0.25, 0.3) is 5.91 Å². The number of ether oxygens (including phenoxy) is 1. The topological polar surface area (TPSA) is 71.2 Å². The predicted octanol–water partition coefficient (Wildman–Crippen LogP) is 1.58. The van der Waals surface area contributed by atoms with Gasteiger partial charge in [-0.1, -0.05) is 6.08 Å². The molecule has 0 bridgehead atoms. The molecule has 0 spiro atoms. The standard InChI is InChI=1S/C16H18N4O2/c17-13-5-7-14(8-6-13)22-11-3-10-20-16(21)12-19-9-2-1-4-15(19)18-20/h1-2,4-9H,3,10-12,17H2. The van der Waals surface area contributed by atoms with E-state index in [1.54, 1.807) is 12.1 Å². The quantitative estimate of drug-likeness (QED) is 0.662. The molecule has 0 aromatic heterocycles. The lowest BCUT2D eigenvalue weighted by Gasteiger charge is -2.31. The highest BCUT2D eigenvalue weighted by molar-refractivity contribution is 6.00. The predicted molar refractivity (Wildman–Crippen MR) is 85.1 cm³/mol. The van der Waals surface area contributed by atoms with Gasteiger partial charge in [0.05, 0.1) is 6.61 Å². The van der Waals surface area contributed by atoms with Crippen molar-refractivity contribution in [2.24, 2.45) is 5.10 Å². The van der Waals surface area contributed by atoms with Crippen LogP contribution < -0.4 is 10.5 Å². The molecule has 0 fully saturated rings. The highest BCUT2D eigenvalue weighted by atomic mass is 16.5. The Hall–Kier alpha value is -2.76. The number of amides is 1. The summed E-state index contributed by atoms with van der Waals surface area (Å²) in [7, 11) is 0. The third kappa shape index (κ3) is 3.28. The zero-order valence-corrected chi connectivity index (χ0v) is 12.2. The van der Waals surface area contributed by atoms with Crippen LogP contribution in [0.15, 0.2) is 53.8 Å².